The maximum absolute atomic E-state index is 12.3. The zero-order valence-electron chi connectivity index (χ0n) is 10.1. The van der Waals surface area contributed by atoms with Gasteiger partial charge >= 0.3 is 6.16 Å². The Morgan fingerprint density at radius 1 is 1.21 bits per heavy atom. The highest BCUT2D eigenvalue weighted by atomic mass is 32.1. The molecule has 1 N–H and O–H groups in total. The van der Waals surface area contributed by atoms with E-state index < -0.39 is 6.16 Å². The minimum atomic E-state index is -1.43. The van der Waals surface area contributed by atoms with Crippen molar-refractivity contribution in [1.82, 2.24) is 0 Å². The van der Waals surface area contributed by atoms with Crippen LogP contribution in [0.15, 0.2) is 41.8 Å². The first-order valence-corrected chi connectivity index (χ1v) is 6.29. The fourth-order valence-corrected chi connectivity index (χ4v) is 2.29. The third-order valence-corrected chi connectivity index (χ3v) is 3.28. The molecule has 0 atom stereocenters. The van der Waals surface area contributed by atoms with Gasteiger partial charge in [0.25, 0.3) is 5.91 Å². The fraction of sp³-hybridized carbons (Fsp3) is 0.0769. The van der Waals surface area contributed by atoms with Crippen LogP contribution in [0.2, 0.25) is 0 Å². The average molecular weight is 277 g/mol. The Morgan fingerprint density at radius 2 is 1.89 bits per heavy atom. The number of hydrogen-bond acceptors (Lipinski definition) is 4. The van der Waals surface area contributed by atoms with Gasteiger partial charge in [-0.05, 0) is 23.6 Å². The predicted molar refractivity (Wildman–Crippen MR) is 72.1 cm³/mol. The molecular formula is C13H11NO4S. The smallest absolute Gasteiger partial charge is 0.449 e. The van der Waals surface area contributed by atoms with Gasteiger partial charge in [0, 0.05) is 12.7 Å². The molecule has 2 aromatic rings. The summed E-state index contributed by atoms with van der Waals surface area (Å²) in [7, 11) is 1.62. The van der Waals surface area contributed by atoms with E-state index in [-0.39, 0.29) is 16.5 Å². The van der Waals surface area contributed by atoms with Crippen LogP contribution in [-0.4, -0.2) is 24.2 Å². The molecule has 0 radical (unpaired) electrons. The summed E-state index contributed by atoms with van der Waals surface area (Å²) < 4.78 is 4.58. The molecule has 19 heavy (non-hydrogen) atoms. The van der Waals surface area contributed by atoms with Crippen molar-refractivity contribution in [2.45, 2.75) is 0 Å². The number of ether oxygens (including phenoxy) is 1. The van der Waals surface area contributed by atoms with Crippen LogP contribution in [0.3, 0.4) is 0 Å². The molecule has 0 saturated heterocycles. The first-order valence-electron chi connectivity index (χ1n) is 5.41. The Morgan fingerprint density at radius 3 is 2.53 bits per heavy atom. The van der Waals surface area contributed by atoms with Crippen LogP contribution in [-0.2, 0) is 0 Å². The largest absolute Gasteiger partial charge is 0.512 e. The number of thiophene rings is 1. The van der Waals surface area contributed by atoms with E-state index in [9.17, 15) is 9.59 Å². The molecule has 1 heterocycles. The number of anilines is 1. The molecular weight excluding hydrogens is 266 g/mol. The van der Waals surface area contributed by atoms with E-state index in [0.717, 1.165) is 17.0 Å². The fourth-order valence-electron chi connectivity index (χ4n) is 1.56. The Kier molecular flexibility index (Phi) is 3.82. The molecule has 0 aliphatic carbocycles. The quantitative estimate of drug-likeness (QED) is 0.875. The van der Waals surface area contributed by atoms with Crippen LogP contribution < -0.4 is 9.64 Å². The van der Waals surface area contributed by atoms with E-state index in [1.54, 1.807) is 30.6 Å². The molecule has 1 aromatic carbocycles. The summed E-state index contributed by atoms with van der Waals surface area (Å²) in [6, 6.07) is 10.6. The van der Waals surface area contributed by atoms with E-state index in [1.807, 2.05) is 18.2 Å². The normalized spacial score (nSPS) is 9.95. The summed E-state index contributed by atoms with van der Waals surface area (Å²) in [5.41, 5.74) is 0.957. The molecule has 0 aliphatic heterocycles. The van der Waals surface area contributed by atoms with E-state index in [2.05, 4.69) is 4.74 Å². The van der Waals surface area contributed by atoms with Gasteiger partial charge in [-0.1, -0.05) is 18.2 Å². The summed E-state index contributed by atoms with van der Waals surface area (Å²) in [6.45, 7) is 0. The SMILES string of the molecule is CN(C(=O)c1ccsc1OC(=O)O)c1ccccc1. The van der Waals surface area contributed by atoms with E-state index in [0.29, 0.717) is 0 Å². The number of para-hydroxylation sites is 1. The van der Waals surface area contributed by atoms with E-state index in [4.69, 9.17) is 5.11 Å². The molecule has 98 valence electrons. The van der Waals surface area contributed by atoms with Crippen LogP contribution in [0.4, 0.5) is 10.5 Å². The zero-order valence-corrected chi connectivity index (χ0v) is 10.9. The van der Waals surface area contributed by atoms with Crippen LogP contribution >= 0.6 is 11.3 Å². The number of hydrogen-bond donors (Lipinski definition) is 1. The van der Waals surface area contributed by atoms with Crippen molar-refractivity contribution >= 4 is 29.1 Å². The number of benzene rings is 1. The van der Waals surface area contributed by atoms with Gasteiger partial charge in [0.15, 0.2) is 0 Å². The lowest BCUT2D eigenvalue weighted by atomic mass is 10.2. The molecule has 1 aromatic heterocycles. The van der Waals surface area contributed by atoms with Crippen LogP contribution in [0.1, 0.15) is 10.4 Å². The number of carbonyl (C=O) groups excluding carboxylic acids is 1. The first kappa shape index (κ1) is 13.1. The second kappa shape index (κ2) is 5.53. The third kappa shape index (κ3) is 2.92. The Balaban J connectivity index is 2.25. The minimum Gasteiger partial charge on any atom is -0.449 e. The van der Waals surface area contributed by atoms with Gasteiger partial charge < -0.3 is 14.7 Å². The van der Waals surface area contributed by atoms with Crippen molar-refractivity contribution in [3.05, 3.63) is 47.3 Å². The Hall–Kier alpha value is -2.34. The van der Waals surface area contributed by atoms with Crippen molar-refractivity contribution in [2.75, 3.05) is 11.9 Å². The second-order valence-electron chi connectivity index (χ2n) is 3.69. The zero-order chi connectivity index (χ0) is 13.8. The van der Waals surface area contributed by atoms with Crippen LogP contribution in [0.25, 0.3) is 0 Å². The highest BCUT2D eigenvalue weighted by molar-refractivity contribution is 7.12. The molecule has 6 heteroatoms. The summed E-state index contributed by atoms with van der Waals surface area (Å²) in [5, 5.41) is 10.3. The molecule has 0 saturated carbocycles. The number of carbonyl (C=O) groups is 2. The number of amides is 1. The van der Waals surface area contributed by atoms with Crippen molar-refractivity contribution in [3.63, 3.8) is 0 Å². The Labute approximate surface area is 113 Å². The average Bonchev–Trinajstić information content (AvgIpc) is 2.85. The lowest BCUT2D eigenvalue weighted by molar-refractivity contribution is 0.0990. The number of rotatable bonds is 3. The lowest BCUT2D eigenvalue weighted by Gasteiger charge is -2.16. The van der Waals surface area contributed by atoms with Crippen molar-refractivity contribution in [2.24, 2.45) is 0 Å². The standard InChI is InChI=1S/C13H11NO4S/c1-14(9-5-3-2-4-6-9)11(15)10-7-8-19-12(10)18-13(16)17/h2-8H,1H3,(H,16,17). The lowest BCUT2D eigenvalue weighted by Crippen LogP contribution is -2.26. The van der Waals surface area contributed by atoms with Gasteiger partial charge in [0.2, 0.25) is 5.06 Å². The topological polar surface area (TPSA) is 66.8 Å². The maximum atomic E-state index is 12.3. The molecule has 0 unspecified atom stereocenters. The third-order valence-electron chi connectivity index (χ3n) is 2.49. The predicted octanol–water partition coefficient (Wildman–Crippen LogP) is 3.08. The summed E-state index contributed by atoms with van der Waals surface area (Å²) in [6.07, 6.45) is -1.43. The van der Waals surface area contributed by atoms with E-state index >= 15 is 0 Å². The van der Waals surface area contributed by atoms with Gasteiger partial charge in [0.05, 0.1) is 5.56 Å². The van der Waals surface area contributed by atoms with Crippen LogP contribution in [0, 0.1) is 0 Å². The van der Waals surface area contributed by atoms with Gasteiger partial charge in [0.1, 0.15) is 0 Å². The second-order valence-corrected chi connectivity index (χ2v) is 4.57. The van der Waals surface area contributed by atoms with Crippen molar-refractivity contribution in [1.29, 1.82) is 0 Å². The molecule has 0 spiro atoms. The maximum Gasteiger partial charge on any atom is 0.512 e. The molecule has 5 nitrogen and oxygen atoms in total. The number of carboxylic acid groups (broad SMARTS) is 1. The highest BCUT2D eigenvalue weighted by Gasteiger charge is 2.20. The van der Waals surface area contributed by atoms with Gasteiger partial charge in [-0.2, -0.15) is 0 Å². The van der Waals surface area contributed by atoms with Gasteiger partial charge in [-0.25, -0.2) is 4.79 Å². The van der Waals surface area contributed by atoms with Crippen molar-refractivity contribution < 1.29 is 19.4 Å². The molecule has 1 amide bonds. The molecule has 2 rings (SSSR count). The van der Waals surface area contributed by atoms with Crippen molar-refractivity contribution in [3.8, 4) is 5.06 Å². The Bertz CT molecular complexity index is 594. The van der Waals surface area contributed by atoms with Crippen LogP contribution in [0.5, 0.6) is 5.06 Å². The number of nitrogens with zero attached hydrogens (tertiary/aromatic N) is 1. The van der Waals surface area contributed by atoms with Gasteiger partial charge in [-0.3, -0.25) is 4.79 Å². The van der Waals surface area contributed by atoms with E-state index in [1.165, 1.54) is 4.90 Å². The molecule has 0 fully saturated rings. The first-order chi connectivity index (χ1) is 9.09. The molecule has 0 aliphatic rings. The highest BCUT2D eigenvalue weighted by Crippen LogP contribution is 2.28. The summed E-state index contributed by atoms with van der Waals surface area (Å²) in [5.74, 6) is -0.316. The monoisotopic (exact) mass is 277 g/mol. The summed E-state index contributed by atoms with van der Waals surface area (Å²) >= 11 is 1.07. The molecule has 0 bridgehead atoms. The van der Waals surface area contributed by atoms with Gasteiger partial charge in [-0.15, -0.1) is 11.3 Å². The summed E-state index contributed by atoms with van der Waals surface area (Å²) in [4.78, 5) is 24.3. The minimum absolute atomic E-state index is 0.0836.